The molecule has 2 nitrogen and oxygen atoms in total. The first-order chi connectivity index (χ1) is 7.42. The molecule has 0 N–H and O–H groups in total. The van der Waals surface area contributed by atoms with Crippen molar-refractivity contribution in [2.45, 2.75) is 6.92 Å². The van der Waals surface area contributed by atoms with Crippen LogP contribution < -0.4 is 4.90 Å². The van der Waals surface area contributed by atoms with E-state index in [-0.39, 0.29) is 24.8 Å². The average molecular weight is 271 g/mol. The van der Waals surface area contributed by atoms with Gasteiger partial charge < -0.3 is 4.90 Å². The summed E-state index contributed by atoms with van der Waals surface area (Å²) in [7, 11) is 0. The van der Waals surface area contributed by atoms with Gasteiger partial charge in [-0.3, -0.25) is 0 Å². The summed E-state index contributed by atoms with van der Waals surface area (Å²) >= 11 is 0. The van der Waals surface area contributed by atoms with Crippen LogP contribution in [0.2, 0.25) is 0 Å². The molecule has 4 heteroatoms. The second kappa shape index (κ2) is 7.93. The number of pyridine rings is 1. The predicted octanol–water partition coefficient (Wildman–Crippen LogP) is 4.08. The Hall–Kier alpha value is -1.25. The van der Waals surface area contributed by atoms with E-state index in [0.29, 0.717) is 0 Å². The van der Waals surface area contributed by atoms with Crippen LogP contribution in [-0.2, 0) is 0 Å². The summed E-state index contributed by atoms with van der Waals surface area (Å²) in [5, 5.41) is 0. The fourth-order valence-corrected chi connectivity index (χ4v) is 1.60. The maximum atomic E-state index is 4.35. The van der Waals surface area contributed by atoms with Gasteiger partial charge in [-0.15, -0.1) is 24.8 Å². The minimum Gasteiger partial charge on any atom is -0.327 e. The normalized spacial score (nSPS) is 8.76. The number of hydrogen-bond donors (Lipinski definition) is 0. The molecule has 0 aliphatic heterocycles. The molecule has 0 aliphatic carbocycles. The Bertz CT molecular complexity index is 367. The molecule has 0 spiro atoms. The highest BCUT2D eigenvalue weighted by Gasteiger charge is 2.05. The lowest BCUT2D eigenvalue weighted by atomic mass is 10.3. The van der Waals surface area contributed by atoms with Crippen LogP contribution in [-0.4, -0.2) is 11.5 Å². The van der Waals surface area contributed by atoms with E-state index in [1.165, 1.54) is 5.69 Å². The third-order valence-electron chi connectivity index (χ3n) is 2.31. The summed E-state index contributed by atoms with van der Waals surface area (Å²) in [5.41, 5.74) is 1.18. The molecule has 0 saturated heterocycles. The second-order valence-corrected chi connectivity index (χ2v) is 3.27. The van der Waals surface area contributed by atoms with E-state index in [9.17, 15) is 0 Å². The summed E-state index contributed by atoms with van der Waals surface area (Å²) in [5.74, 6) is 0.992. The largest absolute Gasteiger partial charge is 0.327 e. The number of para-hydroxylation sites is 1. The highest BCUT2D eigenvalue weighted by atomic mass is 35.5. The topological polar surface area (TPSA) is 16.1 Å². The van der Waals surface area contributed by atoms with Gasteiger partial charge in [-0.1, -0.05) is 24.3 Å². The molecule has 1 heterocycles. The van der Waals surface area contributed by atoms with Gasteiger partial charge in [0, 0.05) is 18.4 Å². The highest BCUT2D eigenvalue weighted by Crippen LogP contribution is 2.21. The molecular weight excluding hydrogens is 255 g/mol. The van der Waals surface area contributed by atoms with Crippen molar-refractivity contribution in [1.82, 2.24) is 4.98 Å². The minimum atomic E-state index is 0. The monoisotopic (exact) mass is 270 g/mol. The smallest absolute Gasteiger partial charge is 0.132 e. The van der Waals surface area contributed by atoms with Crippen LogP contribution in [0.5, 0.6) is 0 Å². The maximum absolute atomic E-state index is 4.35. The van der Waals surface area contributed by atoms with Crippen molar-refractivity contribution in [3.05, 3.63) is 54.7 Å². The van der Waals surface area contributed by atoms with Gasteiger partial charge in [0.15, 0.2) is 0 Å². The number of rotatable bonds is 3. The third-order valence-corrected chi connectivity index (χ3v) is 2.31. The number of aromatic nitrogens is 1. The molecule has 1 aromatic heterocycles. The van der Waals surface area contributed by atoms with E-state index in [1.807, 2.05) is 42.6 Å². The van der Waals surface area contributed by atoms with E-state index in [4.69, 9.17) is 0 Å². The molecule has 0 saturated carbocycles. The van der Waals surface area contributed by atoms with Gasteiger partial charge in [-0.05, 0) is 31.2 Å². The van der Waals surface area contributed by atoms with Crippen LogP contribution in [0.3, 0.4) is 0 Å². The second-order valence-electron chi connectivity index (χ2n) is 3.27. The Balaban J connectivity index is 0.00000128. The van der Waals surface area contributed by atoms with E-state index in [0.717, 1.165) is 12.4 Å². The van der Waals surface area contributed by atoms with Crippen LogP contribution in [0, 0.1) is 0 Å². The van der Waals surface area contributed by atoms with E-state index >= 15 is 0 Å². The SMILES string of the molecule is CCN(c1ccccc1)c1ccccn1.Cl.Cl. The van der Waals surface area contributed by atoms with Crippen LogP contribution in [0.15, 0.2) is 54.7 Å². The van der Waals surface area contributed by atoms with Crippen LogP contribution in [0.1, 0.15) is 6.92 Å². The van der Waals surface area contributed by atoms with Crippen molar-refractivity contribution in [2.75, 3.05) is 11.4 Å². The van der Waals surface area contributed by atoms with E-state index in [2.05, 4.69) is 28.9 Å². The summed E-state index contributed by atoms with van der Waals surface area (Å²) in [6, 6.07) is 16.3. The number of halogens is 2. The zero-order valence-electron chi connectivity index (χ0n) is 9.61. The fraction of sp³-hybridized carbons (Fsp3) is 0.154. The summed E-state index contributed by atoms with van der Waals surface area (Å²) in [4.78, 5) is 6.53. The Labute approximate surface area is 115 Å². The first-order valence-electron chi connectivity index (χ1n) is 5.15. The molecule has 0 fully saturated rings. The average Bonchev–Trinajstić information content (AvgIpc) is 2.33. The predicted molar refractivity (Wildman–Crippen MR) is 77.9 cm³/mol. The van der Waals surface area contributed by atoms with Gasteiger partial charge in [0.25, 0.3) is 0 Å². The van der Waals surface area contributed by atoms with Gasteiger partial charge in [0.1, 0.15) is 5.82 Å². The van der Waals surface area contributed by atoms with Gasteiger partial charge >= 0.3 is 0 Å². The van der Waals surface area contributed by atoms with Crippen LogP contribution in [0.4, 0.5) is 11.5 Å². The number of hydrogen-bond acceptors (Lipinski definition) is 2. The maximum Gasteiger partial charge on any atom is 0.132 e. The molecule has 0 atom stereocenters. The quantitative estimate of drug-likeness (QED) is 0.836. The molecule has 17 heavy (non-hydrogen) atoms. The van der Waals surface area contributed by atoms with Crippen molar-refractivity contribution < 1.29 is 0 Å². The van der Waals surface area contributed by atoms with Crippen molar-refractivity contribution in [3.8, 4) is 0 Å². The molecule has 0 amide bonds. The number of nitrogens with zero attached hydrogens (tertiary/aromatic N) is 2. The van der Waals surface area contributed by atoms with E-state index < -0.39 is 0 Å². The highest BCUT2D eigenvalue weighted by molar-refractivity contribution is 5.85. The Morgan fingerprint density at radius 1 is 0.941 bits per heavy atom. The zero-order chi connectivity index (χ0) is 10.5. The molecule has 1 aromatic carbocycles. The van der Waals surface area contributed by atoms with Crippen molar-refractivity contribution >= 4 is 36.3 Å². The molecule has 2 aromatic rings. The fourth-order valence-electron chi connectivity index (χ4n) is 1.60. The first-order valence-corrected chi connectivity index (χ1v) is 5.15. The van der Waals surface area contributed by atoms with Gasteiger partial charge in [0.2, 0.25) is 0 Å². The van der Waals surface area contributed by atoms with Crippen LogP contribution in [0.25, 0.3) is 0 Å². The lowest BCUT2D eigenvalue weighted by molar-refractivity contribution is 0.990. The first kappa shape index (κ1) is 15.8. The van der Waals surface area contributed by atoms with Gasteiger partial charge in [-0.25, -0.2) is 4.98 Å². The van der Waals surface area contributed by atoms with Crippen molar-refractivity contribution in [1.29, 1.82) is 0 Å². The summed E-state index contributed by atoms with van der Waals surface area (Å²) < 4.78 is 0. The zero-order valence-corrected chi connectivity index (χ0v) is 11.2. The third kappa shape index (κ3) is 3.91. The molecular formula is C13H16Cl2N2. The number of anilines is 2. The Morgan fingerprint density at radius 2 is 1.59 bits per heavy atom. The van der Waals surface area contributed by atoms with E-state index in [1.54, 1.807) is 0 Å². The Kier molecular flexibility index (Phi) is 7.35. The molecule has 0 radical (unpaired) electrons. The summed E-state index contributed by atoms with van der Waals surface area (Å²) in [6.07, 6.45) is 1.82. The molecule has 0 aliphatic rings. The molecule has 2 rings (SSSR count). The molecule has 0 bridgehead atoms. The molecule has 0 unspecified atom stereocenters. The van der Waals surface area contributed by atoms with Crippen LogP contribution >= 0.6 is 24.8 Å². The van der Waals surface area contributed by atoms with Crippen molar-refractivity contribution in [2.24, 2.45) is 0 Å². The molecule has 92 valence electrons. The number of benzene rings is 1. The van der Waals surface area contributed by atoms with Gasteiger partial charge in [0.05, 0.1) is 0 Å². The lowest BCUT2D eigenvalue weighted by Gasteiger charge is -2.21. The van der Waals surface area contributed by atoms with Gasteiger partial charge in [-0.2, -0.15) is 0 Å². The summed E-state index contributed by atoms with van der Waals surface area (Å²) in [6.45, 7) is 3.04. The van der Waals surface area contributed by atoms with Crippen molar-refractivity contribution in [3.63, 3.8) is 0 Å². The standard InChI is InChI=1S/C13H14N2.2ClH/c1-2-15(12-8-4-3-5-9-12)13-10-6-7-11-14-13;;/h3-11H,2H2,1H3;2*1H. The Morgan fingerprint density at radius 3 is 2.12 bits per heavy atom. The lowest BCUT2D eigenvalue weighted by Crippen LogP contribution is -2.16. The minimum absolute atomic E-state index is 0.